The Bertz CT molecular complexity index is 502. The van der Waals surface area contributed by atoms with E-state index in [2.05, 4.69) is 24.2 Å². The highest BCUT2D eigenvalue weighted by atomic mass is 16.5. The fraction of sp³-hybridized carbons (Fsp3) is 0.588. The van der Waals surface area contributed by atoms with Crippen LogP contribution in [0.25, 0.3) is 0 Å². The Hall–Kier alpha value is -1.55. The van der Waals surface area contributed by atoms with Crippen molar-refractivity contribution in [2.24, 2.45) is 10.9 Å². The SMILES string of the molecule is CC1(C)COC(c2ccc(OCCC3CCNC3)cc2)=N1. The maximum Gasteiger partial charge on any atom is 0.216 e. The molecule has 4 heteroatoms. The summed E-state index contributed by atoms with van der Waals surface area (Å²) in [6.07, 6.45) is 2.40. The van der Waals surface area contributed by atoms with Crippen LogP contribution in [0.2, 0.25) is 0 Å². The van der Waals surface area contributed by atoms with Gasteiger partial charge in [0.15, 0.2) is 0 Å². The molecule has 2 heterocycles. The summed E-state index contributed by atoms with van der Waals surface area (Å²) >= 11 is 0. The molecule has 0 aromatic heterocycles. The zero-order valence-electron chi connectivity index (χ0n) is 12.9. The van der Waals surface area contributed by atoms with Gasteiger partial charge in [-0.1, -0.05) is 0 Å². The lowest BCUT2D eigenvalue weighted by atomic mass is 10.1. The van der Waals surface area contributed by atoms with E-state index in [1.54, 1.807) is 0 Å². The van der Waals surface area contributed by atoms with Crippen LogP contribution in [0, 0.1) is 5.92 Å². The lowest BCUT2D eigenvalue weighted by Crippen LogP contribution is -2.17. The average Bonchev–Trinajstić information content (AvgIpc) is 3.09. The molecular formula is C17H24N2O2. The fourth-order valence-electron chi connectivity index (χ4n) is 2.73. The number of nitrogens with zero attached hydrogens (tertiary/aromatic N) is 1. The van der Waals surface area contributed by atoms with E-state index in [9.17, 15) is 0 Å². The summed E-state index contributed by atoms with van der Waals surface area (Å²) in [5.41, 5.74) is 0.910. The zero-order chi connectivity index (χ0) is 14.7. The first-order valence-corrected chi connectivity index (χ1v) is 7.79. The molecule has 0 aliphatic carbocycles. The van der Waals surface area contributed by atoms with Crippen molar-refractivity contribution in [3.63, 3.8) is 0 Å². The molecule has 3 rings (SSSR count). The van der Waals surface area contributed by atoms with Gasteiger partial charge in [0.05, 0.1) is 12.1 Å². The van der Waals surface area contributed by atoms with Gasteiger partial charge in [0.2, 0.25) is 5.90 Å². The molecule has 1 aromatic carbocycles. The van der Waals surface area contributed by atoms with Gasteiger partial charge in [-0.2, -0.15) is 0 Å². The number of rotatable bonds is 5. The van der Waals surface area contributed by atoms with E-state index in [1.807, 2.05) is 24.3 Å². The number of benzene rings is 1. The largest absolute Gasteiger partial charge is 0.494 e. The van der Waals surface area contributed by atoms with Gasteiger partial charge >= 0.3 is 0 Å². The summed E-state index contributed by atoms with van der Waals surface area (Å²) in [6.45, 7) is 7.88. The van der Waals surface area contributed by atoms with Gasteiger partial charge in [0.25, 0.3) is 0 Å². The van der Waals surface area contributed by atoms with Crippen LogP contribution >= 0.6 is 0 Å². The van der Waals surface area contributed by atoms with E-state index >= 15 is 0 Å². The molecule has 1 N–H and O–H groups in total. The van der Waals surface area contributed by atoms with Crippen molar-refractivity contribution in [1.29, 1.82) is 0 Å². The highest BCUT2D eigenvalue weighted by Gasteiger charge is 2.26. The summed E-state index contributed by atoms with van der Waals surface area (Å²) in [5.74, 6) is 2.43. The minimum Gasteiger partial charge on any atom is -0.494 e. The molecule has 1 saturated heterocycles. The first kappa shape index (κ1) is 14.4. The normalized spacial score (nSPS) is 23.7. The minimum atomic E-state index is -0.111. The second kappa shape index (κ2) is 6.06. The smallest absolute Gasteiger partial charge is 0.216 e. The summed E-state index contributed by atoms with van der Waals surface area (Å²) in [6, 6.07) is 8.04. The van der Waals surface area contributed by atoms with Crippen LogP contribution in [0.5, 0.6) is 5.75 Å². The van der Waals surface area contributed by atoms with E-state index in [0.717, 1.165) is 49.2 Å². The summed E-state index contributed by atoms with van der Waals surface area (Å²) in [7, 11) is 0. The number of ether oxygens (including phenoxy) is 2. The van der Waals surface area contributed by atoms with Crippen LogP contribution < -0.4 is 10.1 Å². The van der Waals surface area contributed by atoms with E-state index in [-0.39, 0.29) is 5.54 Å². The average molecular weight is 288 g/mol. The Morgan fingerprint density at radius 1 is 1.33 bits per heavy atom. The van der Waals surface area contributed by atoms with Crippen molar-refractivity contribution in [3.05, 3.63) is 29.8 Å². The molecule has 2 aliphatic heterocycles. The molecule has 0 saturated carbocycles. The van der Waals surface area contributed by atoms with Gasteiger partial charge in [0, 0.05) is 5.56 Å². The first-order valence-electron chi connectivity index (χ1n) is 7.79. The third-order valence-electron chi connectivity index (χ3n) is 4.02. The van der Waals surface area contributed by atoms with Gasteiger partial charge in [0.1, 0.15) is 12.4 Å². The predicted octanol–water partition coefficient (Wildman–Crippen LogP) is 2.62. The third kappa shape index (κ3) is 3.76. The van der Waals surface area contributed by atoms with Gasteiger partial charge in [-0.3, -0.25) is 0 Å². The molecule has 4 nitrogen and oxygen atoms in total. The van der Waals surface area contributed by atoms with Crippen molar-refractivity contribution >= 4 is 5.90 Å². The van der Waals surface area contributed by atoms with Crippen LogP contribution in [0.15, 0.2) is 29.3 Å². The summed E-state index contributed by atoms with van der Waals surface area (Å²) in [5, 5.41) is 3.38. The summed E-state index contributed by atoms with van der Waals surface area (Å²) < 4.78 is 11.5. The van der Waals surface area contributed by atoms with Crippen molar-refractivity contribution < 1.29 is 9.47 Å². The molecular weight excluding hydrogens is 264 g/mol. The Balaban J connectivity index is 1.52. The topological polar surface area (TPSA) is 42.9 Å². The fourth-order valence-corrected chi connectivity index (χ4v) is 2.73. The van der Waals surface area contributed by atoms with Crippen LogP contribution in [-0.4, -0.2) is 37.7 Å². The van der Waals surface area contributed by atoms with Gasteiger partial charge in [-0.05, 0) is 70.0 Å². The standard InChI is InChI=1S/C17H24N2O2/c1-17(2)12-21-16(19-17)14-3-5-15(6-4-14)20-10-8-13-7-9-18-11-13/h3-6,13,18H,7-12H2,1-2H3. The van der Waals surface area contributed by atoms with Crippen LogP contribution in [0.1, 0.15) is 32.3 Å². The molecule has 114 valence electrons. The van der Waals surface area contributed by atoms with E-state index in [4.69, 9.17) is 9.47 Å². The third-order valence-corrected chi connectivity index (χ3v) is 4.02. The molecule has 0 bridgehead atoms. The second-order valence-corrected chi connectivity index (χ2v) is 6.54. The number of aliphatic imine (C=N–C) groups is 1. The van der Waals surface area contributed by atoms with Crippen LogP contribution in [-0.2, 0) is 4.74 Å². The number of hydrogen-bond donors (Lipinski definition) is 1. The van der Waals surface area contributed by atoms with Gasteiger partial charge < -0.3 is 14.8 Å². The summed E-state index contributed by atoms with van der Waals surface area (Å²) in [4.78, 5) is 4.58. The quantitative estimate of drug-likeness (QED) is 0.905. The maximum absolute atomic E-state index is 5.82. The first-order chi connectivity index (χ1) is 10.1. The van der Waals surface area contributed by atoms with E-state index in [1.165, 1.54) is 6.42 Å². The molecule has 0 radical (unpaired) electrons. The monoisotopic (exact) mass is 288 g/mol. The zero-order valence-corrected chi connectivity index (χ0v) is 12.9. The lowest BCUT2D eigenvalue weighted by Gasteiger charge is -2.10. The molecule has 0 spiro atoms. The Kier molecular flexibility index (Phi) is 4.15. The molecule has 1 aromatic rings. The highest BCUT2D eigenvalue weighted by molar-refractivity contribution is 5.95. The van der Waals surface area contributed by atoms with Gasteiger partial charge in [-0.15, -0.1) is 0 Å². The van der Waals surface area contributed by atoms with Crippen LogP contribution in [0.3, 0.4) is 0 Å². The molecule has 1 unspecified atom stereocenters. The van der Waals surface area contributed by atoms with Crippen molar-refractivity contribution in [3.8, 4) is 5.75 Å². The van der Waals surface area contributed by atoms with Crippen molar-refractivity contribution in [1.82, 2.24) is 5.32 Å². The van der Waals surface area contributed by atoms with E-state index in [0.29, 0.717) is 6.61 Å². The molecule has 1 atom stereocenters. The molecule has 0 amide bonds. The number of nitrogens with one attached hydrogen (secondary N) is 1. The second-order valence-electron chi connectivity index (χ2n) is 6.54. The number of hydrogen-bond acceptors (Lipinski definition) is 4. The predicted molar refractivity (Wildman–Crippen MR) is 84.1 cm³/mol. The molecule has 21 heavy (non-hydrogen) atoms. The van der Waals surface area contributed by atoms with Crippen molar-refractivity contribution in [2.75, 3.05) is 26.3 Å². The molecule has 2 aliphatic rings. The van der Waals surface area contributed by atoms with Crippen molar-refractivity contribution in [2.45, 2.75) is 32.2 Å². The Morgan fingerprint density at radius 3 is 2.76 bits per heavy atom. The Morgan fingerprint density at radius 2 is 2.14 bits per heavy atom. The maximum atomic E-state index is 5.82. The highest BCUT2D eigenvalue weighted by Crippen LogP contribution is 2.22. The van der Waals surface area contributed by atoms with Crippen LogP contribution in [0.4, 0.5) is 0 Å². The van der Waals surface area contributed by atoms with Gasteiger partial charge in [-0.25, -0.2) is 4.99 Å². The lowest BCUT2D eigenvalue weighted by molar-refractivity contribution is 0.279. The Labute approximate surface area is 126 Å². The molecule has 1 fully saturated rings. The minimum absolute atomic E-state index is 0.111. The van der Waals surface area contributed by atoms with E-state index < -0.39 is 0 Å².